The average molecular weight is 171 g/mol. The van der Waals surface area contributed by atoms with E-state index in [9.17, 15) is 0 Å². The smallest absolute Gasteiger partial charge is 0.00693 e. The zero-order valence-electron chi connectivity index (χ0n) is 9.19. The summed E-state index contributed by atoms with van der Waals surface area (Å²) in [6, 6.07) is 0.759. The summed E-state index contributed by atoms with van der Waals surface area (Å²) in [5, 5.41) is 3.55. The summed E-state index contributed by atoms with van der Waals surface area (Å²) in [6.45, 7) is 10.2. The molecule has 0 heterocycles. The van der Waals surface area contributed by atoms with Crippen LogP contribution in [0.3, 0.4) is 0 Å². The lowest BCUT2D eigenvalue weighted by Gasteiger charge is -2.20. The molecule has 1 heteroatoms. The Labute approximate surface area is 77.9 Å². The standard InChI is InChI=1S/C11H25N/c1-5-8-11(12-7-3)9-10(4)6-2/h10-12H,5-9H2,1-4H3. The lowest BCUT2D eigenvalue weighted by atomic mass is 9.96. The van der Waals surface area contributed by atoms with Gasteiger partial charge in [0.05, 0.1) is 0 Å². The summed E-state index contributed by atoms with van der Waals surface area (Å²) in [5.41, 5.74) is 0. The maximum Gasteiger partial charge on any atom is 0.00693 e. The number of hydrogen-bond acceptors (Lipinski definition) is 1. The second-order valence-electron chi connectivity index (χ2n) is 3.79. The molecule has 0 aromatic heterocycles. The van der Waals surface area contributed by atoms with Crippen molar-refractivity contribution in [1.29, 1.82) is 0 Å². The van der Waals surface area contributed by atoms with E-state index in [2.05, 4.69) is 33.0 Å². The van der Waals surface area contributed by atoms with E-state index in [1.54, 1.807) is 0 Å². The van der Waals surface area contributed by atoms with E-state index in [1.165, 1.54) is 25.7 Å². The van der Waals surface area contributed by atoms with Gasteiger partial charge in [-0.25, -0.2) is 0 Å². The first-order chi connectivity index (χ1) is 5.74. The van der Waals surface area contributed by atoms with Crippen molar-refractivity contribution in [2.45, 2.75) is 59.4 Å². The molecule has 1 N–H and O–H groups in total. The van der Waals surface area contributed by atoms with E-state index < -0.39 is 0 Å². The molecular weight excluding hydrogens is 146 g/mol. The highest BCUT2D eigenvalue weighted by atomic mass is 14.9. The van der Waals surface area contributed by atoms with Crippen LogP contribution in [0.2, 0.25) is 0 Å². The summed E-state index contributed by atoms with van der Waals surface area (Å²) in [6.07, 6.45) is 5.29. The maximum atomic E-state index is 3.55. The SMILES string of the molecule is CCCC(CC(C)CC)NCC. The van der Waals surface area contributed by atoms with E-state index in [1.807, 2.05) is 0 Å². The van der Waals surface area contributed by atoms with E-state index in [0.717, 1.165) is 18.5 Å². The molecule has 0 aliphatic heterocycles. The van der Waals surface area contributed by atoms with Crippen molar-refractivity contribution in [3.63, 3.8) is 0 Å². The minimum atomic E-state index is 0.759. The minimum absolute atomic E-state index is 0.759. The first kappa shape index (κ1) is 12.0. The summed E-state index contributed by atoms with van der Waals surface area (Å²) >= 11 is 0. The molecule has 2 unspecified atom stereocenters. The van der Waals surface area contributed by atoms with Crippen LogP contribution in [-0.4, -0.2) is 12.6 Å². The maximum absolute atomic E-state index is 3.55. The Morgan fingerprint density at radius 3 is 2.25 bits per heavy atom. The van der Waals surface area contributed by atoms with Crippen LogP contribution in [0.15, 0.2) is 0 Å². The van der Waals surface area contributed by atoms with Gasteiger partial charge in [-0.3, -0.25) is 0 Å². The fourth-order valence-electron chi connectivity index (χ4n) is 1.59. The summed E-state index contributed by atoms with van der Waals surface area (Å²) in [4.78, 5) is 0. The Morgan fingerprint density at radius 2 is 1.83 bits per heavy atom. The van der Waals surface area contributed by atoms with E-state index in [-0.39, 0.29) is 0 Å². The fourth-order valence-corrected chi connectivity index (χ4v) is 1.59. The molecule has 0 aromatic carbocycles. The van der Waals surface area contributed by atoms with Crippen LogP contribution < -0.4 is 5.32 Å². The zero-order chi connectivity index (χ0) is 9.40. The lowest BCUT2D eigenvalue weighted by molar-refractivity contribution is 0.380. The predicted molar refractivity (Wildman–Crippen MR) is 56.4 cm³/mol. The molecule has 1 nitrogen and oxygen atoms in total. The van der Waals surface area contributed by atoms with Gasteiger partial charge in [-0.1, -0.05) is 40.5 Å². The summed E-state index contributed by atoms with van der Waals surface area (Å²) in [7, 11) is 0. The summed E-state index contributed by atoms with van der Waals surface area (Å²) in [5.74, 6) is 0.876. The van der Waals surface area contributed by atoms with Crippen molar-refractivity contribution in [1.82, 2.24) is 5.32 Å². The van der Waals surface area contributed by atoms with Crippen LogP contribution in [0.5, 0.6) is 0 Å². The molecule has 0 aromatic rings. The Kier molecular flexibility index (Phi) is 7.58. The number of hydrogen-bond donors (Lipinski definition) is 1. The topological polar surface area (TPSA) is 12.0 Å². The van der Waals surface area contributed by atoms with Crippen molar-refractivity contribution >= 4 is 0 Å². The van der Waals surface area contributed by atoms with Crippen LogP contribution in [0.1, 0.15) is 53.4 Å². The predicted octanol–water partition coefficient (Wildman–Crippen LogP) is 3.20. The second-order valence-corrected chi connectivity index (χ2v) is 3.79. The molecule has 0 aliphatic rings. The Hall–Kier alpha value is -0.0400. The van der Waals surface area contributed by atoms with Gasteiger partial charge < -0.3 is 5.32 Å². The summed E-state index contributed by atoms with van der Waals surface area (Å²) < 4.78 is 0. The molecule has 0 saturated heterocycles. The van der Waals surface area contributed by atoms with Crippen LogP contribution in [-0.2, 0) is 0 Å². The van der Waals surface area contributed by atoms with E-state index in [0.29, 0.717) is 0 Å². The van der Waals surface area contributed by atoms with Gasteiger partial charge in [0.1, 0.15) is 0 Å². The molecule has 2 atom stereocenters. The molecule has 0 radical (unpaired) electrons. The highest BCUT2D eigenvalue weighted by Crippen LogP contribution is 2.12. The van der Waals surface area contributed by atoms with Crippen LogP contribution >= 0.6 is 0 Å². The second kappa shape index (κ2) is 7.60. The molecular formula is C11H25N. The highest BCUT2D eigenvalue weighted by molar-refractivity contribution is 4.68. The fraction of sp³-hybridized carbons (Fsp3) is 1.00. The third-order valence-corrected chi connectivity index (χ3v) is 2.51. The van der Waals surface area contributed by atoms with E-state index in [4.69, 9.17) is 0 Å². The van der Waals surface area contributed by atoms with Crippen molar-refractivity contribution in [3.05, 3.63) is 0 Å². The molecule has 0 rings (SSSR count). The normalized spacial score (nSPS) is 16.0. The third kappa shape index (κ3) is 5.59. The molecule has 0 spiro atoms. The van der Waals surface area contributed by atoms with Gasteiger partial charge in [-0.05, 0) is 25.3 Å². The Balaban J connectivity index is 3.61. The van der Waals surface area contributed by atoms with Crippen molar-refractivity contribution < 1.29 is 0 Å². The minimum Gasteiger partial charge on any atom is -0.314 e. The third-order valence-electron chi connectivity index (χ3n) is 2.51. The van der Waals surface area contributed by atoms with Crippen LogP contribution in [0.25, 0.3) is 0 Å². The van der Waals surface area contributed by atoms with Crippen LogP contribution in [0.4, 0.5) is 0 Å². The van der Waals surface area contributed by atoms with Crippen molar-refractivity contribution in [2.75, 3.05) is 6.54 Å². The number of rotatable bonds is 7. The first-order valence-electron chi connectivity index (χ1n) is 5.47. The van der Waals surface area contributed by atoms with Gasteiger partial charge in [0, 0.05) is 6.04 Å². The van der Waals surface area contributed by atoms with Gasteiger partial charge in [0.2, 0.25) is 0 Å². The van der Waals surface area contributed by atoms with E-state index >= 15 is 0 Å². The molecule has 0 bridgehead atoms. The lowest BCUT2D eigenvalue weighted by Crippen LogP contribution is -2.30. The van der Waals surface area contributed by atoms with Crippen molar-refractivity contribution in [2.24, 2.45) is 5.92 Å². The molecule has 12 heavy (non-hydrogen) atoms. The van der Waals surface area contributed by atoms with Gasteiger partial charge in [-0.15, -0.1) is 0 Å². The molecule has 0 amide bonds. The van der Waals surface area contributed by atoms with Crippen LogP contribution in [0, 0.1) is 5.92 Å². The molecule has 0 saturated carbocycles. The molecule has 74 valence electrons. The average Bonchev–Trinajstić information content (AvgIpc) is 2.05. The Morgan fingerprint density at radius 1 is 1.17 bits per heavy atom. The van der Waals surface area contributed by atoms with Gasteiger partial charge in [0.15, 0.2) is 0 Å². The first-order valence-corrected chi connectivity index (χ1v) is 5.47. The van der Waals surface area contributed by atoms with Gasteiger partial charge in [0.25, 0.3) is 0 Å². The van der Waals surface area contributed by atoms with Gasteiger partial charge in [-0.2, -0.15) is 0 Å². The number of nitrogens with one attached hydrogen (secondary N) is 1. The monoisotopic (exact) mass is 171 g/mol. The van der Waals surface area contributed by atoms with Gasteiger partial charge >= 0.3 is 0 Å². The largest absolute Gasteiger partial charge is 0.314 e. The van der Waals surface area contributed by atoms with Crippen molar-refractivity contribution in [3.8, 4) is 0 Å². The zero-order valence-corrected chi connectivity index (χ0v) is 9.19. The quantitative estimate of drug-likeness (QED) is 0.620. The molecule has 0 fully saturated rings. The highest BCUT2D eigenvalue weighted by Gasteiger charge is 2.09. The Bertz CT molecular complexity index is 85.0. The molecule has 0 aliphatic carbocycles.